The van der Waals surface area contributed by atoms with Gasteiger partial charge in [-0.15, -0.1) is 0 Å². The highest BCUT2D eigenvalue weighted by Crippen LogP contribution is 2.11. The van der Waals surface area contributed by atoms with Crippen molar-refractivity contribution in [2.45, 2.75) is 52.3 Å². The molecule has 2 heteroatoms. The van der Waals surface area contributed by atoms with Crippen molar-refractivity contribution in [3.8, 4) is 0 Å². The van der Waals surface area contributed by atoms with Crippen molar-refractivity contribution in [1.29, 1.82) is 0 Å². The van der Waals surface area contributed by atoms with Gasteiger partial charge in [-0.3, -0.25) is 0 Å². The largest absolute Gasteiger partial charge is 0.390 e. The lowest BCUT2D eigenvalue weighted by Gasteiger charge is -2.11. The second-order valence-corrected chi connectivity index (χ2v) is 3.57. The van der Waals surface area contributed by atoms with Crippen LogP contribution in [-0.2, 0) is 0 Å². The first-order valence-corrected chi connectivity index (χ1v) is 4.36. The summed E-state index contributed by atoms with van der Waals surface area (Å²) in [4.78, 5) is 0. The summed E-state index contributed by atoms with van der Waals surface area (Å²) in [5, 5.41) is 9.06. The maximum Gasteiger partial charge on any atom is 0.123 e. The number of aliphatic hydroxyl groups excluding tert-OH is 1. The first-order chi connectivity index (χ1) is 5.04. The lowest BCUT2D eigenvalue weighted by atomic mass is 10.0. The minimum atomic E-state index is -1.08. The van der Waals surface area contributed by atoms with E-state index in [0.717, 1.165) is 12.8 Å². The maximum absolute atomic E-state index is 12.4. The molecule has 0 aromatic carbocycles. The molecule has 0 saturated carbocycles. The predicted octanol–water partition coefficient (Wildman–Crippen LogP) is 2.53. The fourth-order valence-electron chi connectivity index (χ4n) is 0.965. The van der Waals surface area contributed by atoms with Crippen molar-refractivity contribution in [1.82, 2.24) is 0 Å². The molecule has 0 rings (SSSR count). The maximum atomic E-state index is 12.4. The number of aliphatic hydroxyl groups is 1. The first-order valence-electron chi connectivity index (χ1n) is 4.36. The van der Waals surface area contributed by atoms with Gasteiger partial charge in [0, 0.05) is 0 Å². The molecule has 0 fully saturated rings. The quantitative estimate of drug-likeness (QED) is 0.658. The van der Waals surface area contributed by atoms with Crippen LogP contribution in [0.4, 0.5) is 4.39 Å². The third kappa shape index (κ3) is 6.29. The molecule has 11 heavy (non-hydrogen) atoms. The standard InChI is InChI=1S/C9H19FO/c1-7(2)5-4-6-9(11)8(3)10/h7-9,11H,4-6H2,1-3H3. The summed E-state index contributed by atoms with van der Waals surface area (Å²) in [6, 6.07) is 0. The zero-order valence-corrected chi connectivity index (χ0v) is 7.68. The minimum absolute atomic E-state index is 0.593. The van der Waals surface area contributed by atoms with Crippen LogP contribution >= 0.6 is 0 Å². The van der Waals surface area contributed by atoms with Crippen LogP contribution in [0, 0.1) is 5.92 Å². The van der Waals surface area contributed by atoms with Crippen LogP contribution in [0.15, 0.2) is 0 Å². The fraction of sp³-hybridized carbons (Fsp3) is 1.00. The van der Waals surface area contributed by atoms with E-state index in [1.165, 1.54) is 6.92 Å². The van der Waals surface area contributed by atoms with Gasteiger partial charge in [0.1, 0.15) is 6.17 Å². The van der Waals surface area contributed by atoms with E-state index < -0.39 is 12.3 Å². The minimum Gasteiger partial charge on any atom is -0.390 e. The first kappa shape index (κ1) is 10.9. The number of halogens is 1. The summed E-state index contributed by atoms with van der Waals surface area (Å²) in [6.45, 7) is 5.66. The van der Waals surface area contributed by atoms with Crippen molar-refractivity contribution < 1.29 is 9.50 Å². The molecule has 0 radical (unpaired) electrons. The Balaban J connectivity index is 3.24. The molecule has 0 aliphatic heterocycles. The SMILES string of the molecule is CC(C)CCCC(O)C(C)F. The molecular formula is C9H19FO. The summed E-state index contributed by atoms with van der Waals surface area (Å²) < 4.78 is 12.4. The van der Waals surface area contributed by atoms with E-state index in [1.807, 2.05) is 0 Å². The van der Waals surface area contributed by atoms with E-state index in [4.69, 9.17) is 5.11 Å². The highest BCUT2D eigenvalue weighted by Gasteiger charge is 2.11. The summed E-state index contributed by atoms with van der Waals surface area (Å²) in [6.07, 6.45) is 0.753. The van der Waals surface area contributed by atoms with Crippen molar-refractivity contribution in [3.05, 3.63) is 0 Å². The molecule has 2 atom stereocenters. The second kappa shape index (κ2) is 5.53. The number of rotatable bonds is 5. The van der Waals surface area contributed by atoms with Crippen LogP contribution < -0.4 is 0 Å². The van der Waals surface area contributed by atoms with Crippen LogP contribution in [0.1, 0.15) is 40.0 Å². The van der Waals surface area contributed by atoms with Gasteiger partial charge in [0.05, 0.1) is 6.10 Å². The van der Waals surface area contributed by atoms with Crippen LogP contribution in [0.25, 0.3) is 0 Å². The van der Waals surface area contributed by atoms with Crippen molar-refractivity contribution in [2.75, 3.05) is 0 Å². The Kier molecular flexibility index (Phi) is 5.47. The summed E-state index contributed by atoms with van der Waals surface area (Å²) in [5.74, 6) is 0.650. The normalized spacial score (nSPS) is 16.9. The van der Waals surface area contributed by atoms with Crippen LogP contribution in [0.3, 0.4) is 0 Å². The average Bonchev–Trinajstić information content (AvgIpc) is 1.86. The van der Waals surface area contributed by atoms with Gasteiger partial charge in [-0.1, -0.05) is 26.7 Å². The zero-order valence-electron chi connectivity index (χ0n) is 7.68. The van der Waals surface area contributed by atoms with Crippen molar-refractivity contribution in [2.24, 2.45) is 5.92 Å². The molecule has 0 amide bonds. The molecule has 0 aromatic rings. The molecule has 1 N–H and O–H groups in total. The molecule has 2 unspecified atom stereocenters. The van der Waals surface area contributed by atoms with Gasteiger partial charge in [-0.05, 0) is 19.3 Å². The molecule has 0 bridgehead atoms. The van der Waals surface area contributed by atoms with E-state index in [0.29, 0.717) is 12.3 Å². The van der Waals surface area contributed by atoms with E-state index in [1.54, 1.807) is 0 Å². The predicted molar refractivity (Wildman–Crippen MR) is 45.3 cm³/mol. The van der Waals surface area contributed by atoms with Gasteiger partial charge in [0.25, 0.3) is 0 Å². The number of hydrogen-bond acceptors (Lipinski definition) is 1. The topological polar surface area (TPSA) is 20.2 Å². The third-order valence-electron chi connectivity index (χ3n) is 1.81. The van der Waals surface area contributed by atoms with E-state index in [2.05, 4.69) is 13.8 Å². The highest BCUT2D eigenvalue weighted by atomic mass is 19.1. The Hall–Kier alpha value is -0.110. The number of alkyl halides is 1. The van der Waals surface area contributed by atoms with Gasteiger partial charge in [0.2, 0.25) is 0 Å². The monoisotopic (exact) mass is 162 g/mol. The molecule has 0 aliphatic carbocycles. The molecule has 0 heterocycles. The van der Waals surface area contributed by atoms with Crippen molar-refractivity contribution >= 4 is 0 Å². The third-order valence-corrected chi connectivity index (χ3v) is 1.81. The van der Waals surface area contributed by atoms with Gasteiger partial charge in [-0.2, -0.15) is 0 Å². The zero-order chi connectivity index (χ0) is 8.85. The molecule has 0 saturated heterocycles. The number of hydrogen-bond donors (Lipinski definition) is 1. The van der Waals surface area contributed by atoms with Gasteiger partial charge in [0.15, 0.2) is 0 Å². The lowest BCUT2D eigenvalue weighted by Crippen LogP contribution is -2.18. The highest BCUT2D eigenvalue weighted by molar-refractivity contribution is 4.62. The molecule has 0 spiro atoms. The summed E-state index contributed by atoms with van der Waals surface area (Å²) in [7, 11) is 0. The lowest BCUT2D eigenvalue weighted by molar-refractivity contribution is 0.0775. The van der Waals surface area contributed by atoms with Gasteiger partial charge < -0.3 is 5.11 Å². The second-order valence-electron chi connectivity index (χ2n) is 3.57. The van der Waals surface area contributed by atoms with E-state index in [-0.39, 0.29) is 0 Å². The van der Waals surface area contributed by atoms with Gasteiger partial charge in [-0.25, -0.2) is 4.39 Å². The van der Waals surface area contributed by atoms with Crippen LogP contribution in [0.5, 0.6) is 0 Å². The Morgan fingerprint density at radius 2 is 1.73 bits per heavy atom. The molecular weight excluding hydrogens is 143 g/mol. The molecule has 68 valence electrons. The fourth-order valence-corrected chi connectivity index (χ4v) is 0.965. The Bertz CT molecular complexity index is 91.6. The Morgan fingerprint density at radius 3 is 2.09 bits per heavy atom. The Morgan fingerprint density at radius 1 is 1.18 bits per heavy atom. The average molecular weight is 162 g/mol. The van der Waals surface area contributed by atoms with Crippen molar-refractivity contribution in [3.63, 3.8) is 0 Å². The van der Waals surface area contributed by atoms with E-state index >= 15 is 0 Å². The van der Waals surface area contributed by atoms with Crippen LogP contribution in [-0.4, -0.2) is 17.4 Å². The summed E-state index contributed by atoms with van der Waals surface area (Å²) >= 11 is 0. The molecule has 0 aromatic heterocycles. The Labute approximate surface area is 68.6 Å². The smallest absolute Gasteiger partial charge is 0.123 e. The molecule has 1 nitrogen and oxygen atoms in total. The van der Waals surface area contributed by atoms with Crippen LogP contribution in [0.2, 0.25) is 0 Å². The molecule has 0 aliphatic rings. The summed E-state index contributed by atoms with van der Waals surface area (Å²) in [5.41, 5.74) is 0. The van der Waals surface area contributed by atoms with Gasteiger partial charge >= 0.3 is 0 Å². The van der Waals surface area contributed by atoms with E-state index in [9.17, 15) is 4.39 Å².